The summed E-state index contributed by atoms with van der Waals surface area (Å²) < 4.78 is 1.84. The summed E-state index contributed by atoms with van der Waals surface area (Å²) in [5.41, 5.74) is 0. The Bertz CT molecular complexity index is 403. The van der Waals surface area contributed by atoms with Crippen LogP contribution in [0.3, 0.4) is 0 Å². The second-order valence-electron chi connectivity index (χ2n) is 5.67. The molecule has 2 aliphatic rings. The van der Waals surface area contributed by atoms with Gasteiger partial charge in [0.25, 0.3) is 0 Å². The minimum Gasteiger partial charge on any atom is -0.353 e. The van der Waals surface area contributed by atoms with Gasteiger partial charge in [0.15, 0.2) is 0 Å². The van der Waals surface area contributed by atoms with E-state index in [0.29, 0.717) is 12.6 Å². The van der Waals surface area contributed by atoms with Crippen LogP contribution in [-0.2, 0) is 11.3 Å². The molecule has 1 aromatic heterocycles. The highest BCUT2D eigenvalue weighted by Crippen LogP contribution is 2.33. The number of hydrogen-bond acceptors (Lipinski definition) is 3. The van der Waals surface area contributed by atoms with Crippen LogP contribution < -0.4 is 10.6 Å². The Morgan fingerprint density at radius 3 is 3.11 bits per heavy atom. The highest BCUT2D eigenvalue weighted by Gasteiger charge is 2.37. The average Bonchev–Trinajstić information content (AvgIpc) is 3.07. The third-order valence-corrected chi connectivity index (χ3v) is 4.38. The van der Waals surface area contributed by atoms with E-state index in [1.165, 1.54) is 25.7 Å². The van der Waals surface area contributed by atoms with Crippen molar-refractivity contribution in [2.75, 3.05) is 6.54 Å². The van der Waals surface area contributed by atoms with E-state index >= 15 is 0 Å². The third-order valence-electron chi connectivity index (χ3n) is 4.38. The molecule has 0 spiro atoms. The van der Waals surface area contributed by atoms with Gasteiger partial charge < -0.3 is 10.6 Å². The number of amides is 1. The first-order chi connectivity index (χ1) is 9.33. The lowest BCUT2D eigenvalue weighted by Gasteiger charge is -2.24. The maximum absolute atomic E-state index is 12.1. The zero-order chi connectivity index (χ0) is 13.1. The molecule has 0 radical (unpaired) electrons. The number of carbonyl (C=O) groups excluding carboxylic acids is 1. The average molecular weight is 262 g/mol. The van der Waals surface area contributed by atoms with Gasteiger partial charge in [-0.15, -0.1) is 0 Å². The fraction of sp³-hybridized carbons (Fsp3) is 0.714. The topological polar surface area (TPSA) is 59.0 Å². The molecule has 3 atom stereocenters. The van der Waals surface area contributed by atoms with Crippen LogP contribution in [0.5, 0.6) is 0 Å². The minimum atomic E-state index is 0.0192. The molecule has 0 bridgehead atoms. The zero-order valence-corrected chi connectivity index (χ0v) is 11.2. The van der Waals surface area contributed by atoms with Gasteiger partial charge in [-0.1, -0.05) is 12.8 Å². The maximum atomic E-state index is 12.1. The number of aromatic nitrogens is 2. The highest BCUT2D eigenvalue weighted by molar-refractivity contribution is 5.82. The van der Waals surface area contributed by atoms with Gasteiger partial charge in [-0.25, -0.2) is 0 Å². The van der Waals surface area contributed by atoms with Crippen molar-refractivity contribution in [3.63, 3.8) is 0 Å². The number of rotatable bonds is 4. The SMILES string of the molecule is O=C(NCCn1cccn1)C1CC2CCCCC2N1. The van der Waals surface area contributed by atoms with Crippen LogP contribution in [0, 0.1) is 5.92 Å². The van der Waals surface area contributed by atoms with Crippen molar-refractivity contribution in [3.8, 4) is 0 Å². The van der Waals surface area contributed by atoms with Crippen LogP contribution in [-0.4, -0.2) is 34.3 Å². The van der Waals surface area contributed by atoms with E-state index in [0.717, 1.165) is 18.9 Å². The Balaban J connectivity index is 1.43. The molecule has 2 fully saturated rings. The Morgan fingerprint density at radius 1 is 1.42 bits per heavy atom. The summed E-state index contributed by atoms with van der Waals surface area (Å²) in [5.74, 6) is 0.872. The van der Waals surface area contributed by atoms with Crippen molar-refractivity contribution in [1.29, 1.82) is 0 Å². The number of carbonyl (C=O) groups is 1. The lowest BCUT2D eigenvalue weighted by atomic mass is 9.85. The highest BCUT2D eigenvalue weighted by atomic mass is 16.2. The molecular formula is C14H22N4O. The van der Waals surface area contributed by atoms with E-state index in [4.69, 9.17) is 0 Å². The van der Waals surface area contributed by atoms with Crippen molar-refractivity contribution < 1.29 is 4.79 Å². The fourth-order valence-electron chi connectivity index (χ4n) is 3.37. The Hall–Kier alpha value is -1.36. The van der Waals surface area contributed by atoms with E-state index in [2.05, 4.69) is 15.7 Å². The first kappa shape index (κ1) is 12.7. The summed E-state index contributed by atoms with van der Waals surface area (Å²) in [5, 5.41) is 10.6. The van der Waals surface area contributed by atoms with Gasteiger partial charge in [-0.3, -0.25) is 9.48 Å². The molecule has 5 nitrogen and oxygen atoms in total. The minimum absolute atomic E-state index is 0.0192. The van der Waals surface area contributed by atoms with Gasteiger partial charge in [0.2, 0.25) is 5.91 Å². The molecule has 3 rings (SSSR count). The van der Waals surface area contributed by atoms with Gasteiger partial charge in [-0.2, -0.15) is 5.10 Å². The quantitative estimate of drug-likeness (QED) is 0.848. The maximum Gasteiger partial charge on any atom is 0.237 e. The van der Waals surface area contributed by atoms with Crippen LogP contribution in [0.4, 0.5) is 0 Å². The molecule has 1 aromatic rings. The lowest BCUT2D eigenvalue weighted by molar-refractivity contribution is -0.122. The molecular weight excluding hydrogens is 240 g/mol. The van der Waals surface area contributed by atoms with E-state index in [9.17, 15) is 4.79 Å². The summed E-state index contributed by atoms with van der Waals surface area (Å²) in [6, 6.07) is 2.49. The normalized spacial score (nSPS) is 30.0. The van der Waals surface area contributed by atoms with E-state index in [1.807, 2.05) is 16.9 Å². The van der Waals surface area contributed by atoms with E-state index in [-0.39, 0.29) is 11.9 Å². The molecule has 5 heteroatoms. The van der Waals surface area contributed by atoms with Gasteiger partial charge >= 0.3 is 0 Å². The Morgan fingerprint density at radius 2 is 2.32 bits per heavy atom. The smallest absolute Gasteiger partial charge is 0.237 e. The van der Waals surface area contributed by atoms with Gasteiger partial charge in [0.05, 0.1) is 12.6 Å². The van der Waals surface area contributed by atoms with Crippen LogP contribution in [0.25, 0.3) is 0 Å². The summed E-state index contributed by atoms with van der Waals surface area (Å²) >= 11 is 0. The standard InChI is InChI=1S/C14H22N4O/c19-14(15-7-9-18-8-3-6-16-18)13-10-11-4-1-2-5-12(11)17-13/h3,6,8,11-13,17H,1-2,4-5,7,9-10H2,(H,15,19). The summed E-state index contributed by atoms with van der Waals surface area (Å²) in [6.45, 7) is 1.38. The van der Waals surface area contributed by atoms with Gasteiger partial charge in [-0.05, 0) is 31.2 Å². The summed E-state index contributed by atoms with van der Waals surface area (Å²) in [7, 11) is 0. The number of nitrogens with zero attached hydrogens (tertiary/aromatic N) is 2. The van der Waals surface area contributed by atoms with Crippen LogP contribution in [0.2, 0.25) is 0 Å². The Kier molecular flexibility index (Phi) is 3.82. The van der Waals surface area contributed by atoms with Gasteiger partial charge in [0.1, 0.15) is 0 Å². The van der Waals surface area contributed by atoms with Crippen molar-refractivity contribution in [2.45, 2.75) is 50.7 Å². The second-order valence-corrected chi connectivity index (χ2v) is 5.67. The first-order valence-electron chi connectivity index (χ1n) is 7.34. The molecule has 1 aliphatic heterocycles. The molecule has 1 saturated carbocycles. The van der Waals surface area contributed by atoms with Crippen molar-refractivity contribution in [1.82, 2.24) is 20.4 Å². The molecule has 1 saturated heterocycles. The molecule has 1 aliphatic carbocycles. The van der Waals surface area contributed by atoms with Crippen molar-refractivity contribution >= 4 is 5.91 Å². The predicted molar refractivity (Wildman–Crippen MR) is 72.5 cm³/mol. The molecule has 1 amide bonds. The monoisotopic (exact) mass is 262 g/mol. The van der Waals surface area contributed by atoms with Crippen molar-refractivity contribution in [2.24, 2.45) is 5.92 Å². The van der Waals surface area contributed by atoms with Crippen molar-refractivity contribution in [3.05, 3.63) is 18.5 Å². The number of fused-ring (bicyclic) bond motifs is 1. The van der Waals surface area contributed by atoms with E-state index in [1.54, 1.807) is 6.20 Å². The molecule has 19 heavy (non-hydrogen) atoms. The first-order valence-corrected chi connectivity index (χ1v) is 7.34. The van der Waals surface area contributed by atoms with Gasteiger partial charge in [0, 0.05) is 25.0 Å². The number of hydrogen-bond donors (Lipinski definition) is 2. The molecule has 2 N–H and O–H groups in total. The second kappa shape index (κ2) is 5.74. The largest absolute Gasteiger partial charge is 0.353 e. The Labute approximate surface area is 113 Å². The summed E-state index contributed by atoms with van der Waals surface area (Å²) in [6.07, 6.45) is 9.84. The van der Waals surface area contributed by atoms with Crippen LogP contribution in [0.1, 0.15) is 32.1 Å². The lowest BCUT2D eigenvalue weighted by Crippen LogP contribution is -2.44. The molecule has 0 aromatic carbocycles. The predicted octanol–water partition coefficient (Wildman–Crippen LogP) is 0.920. The molecule has 104 valence electrons. The summed E-state index contributed by atoms with van der Waals surface area (Å²) in [4.78, 5) is 12.1. The fourth-order valence-corrected chi connectivity index (χ4v) is 3.37. The molecule has 2 heterocycles. The van der Waals surface area contributed by atoms with Crippen LogP contribution >= 0.6 is 0 Å². The molecule has 3 unspecified atom stereocenters. The van der Waals surface area contributed by atoms with Crippen LogP contribution in [0.15, 0.2) is 18.5 Å². The third kappa shape index (κ3) is 2.97. The zero-order valence-electron chi connectivity index (χ0n) is 11.2. The number of nitrogens with one attached hydrogen (secondary N) is 2. The van der Waals surface area contributed by atoms with E-state index < -0.39 is 0 Å².